The van der Waals surface area contributed by atoms with Crippen LogP contribution in [0.5, 0.6) is 0 Å². The molecule has 1 aromatic carbocycles. The molecule has 11 heteroatoms. The zero-order chi connectivity index (χ0) is 20.6. The molecule has 0 radical (unpaired) electrons. The van der Waals surface area contributed by atoms with Gasteiger partial charge in [0.1, 0.15) is 5.69 Å². The molecule has 0 saturated heterocycles. The molecule has 0 fully saturated rings. The molecule has 1 amide bonds. The minimum Gasteiger partial charge on any atom is -0.378 e. The third-order valence-corrected chi connectivity index (χ3v) is 5.80. The number of rotatable bonds is 10. The number of aromatic nitrogens is 3. The predicted molar refractivity (Wildman–Crippen MR) is 114 cm³/mol. The number of nitrogens with one attached hydrogen (secondary N) is 2. The Morgan fingerprint density at radius 2 is 2.07 bits per heavy atom. The van der Waals surface area contributed by atoms with Gasteiger partial charge in [-0.3, -0.25) is 14.9 Å². The molecule has 0 saturated carbocycles. The second-order valence-electron chi connectivity index (χ2n) is 5.87. The Morgan fingerprint density at radius 3 is 2.79 bits per heavy atom. The van der Waals surface area contributed by atoms with E-state index < -0.39 is 4.92 Å². The summed E-state index contributed by atoms with van der Waals surface area (Å²) in [5.74, 6) is 0.885. The van der Waals surface area contributed by atoms with E-state index in [1.165, 1.54) is 17.8 Å². The van der Waals surface area contributed by atoms with E-state index in [0.717, 1.165) is 10.7 Å². The van der Waals surface area contributed by atoms with Crippen molar-refractivity contribution in [3.63, 3.8) is 0 Å². The molecule has 2 heterocycles. The van der Waals surface area contributed by atoms with Gasteiger partial charge in [0.25, 0.3) is 5.69 Å². The van der Waals surface area contributed by atoms with Crippen LogP contribution in [0.4, 0.5) is 11.4 Å². The number of nitro groups is 1. The first-order chi connectivity index (χ1) is 14.1. The molecule has 9 nitrogen and oxygen atoms in total. The molecule has 0 unspecified atom stereocenters. The molecule has 3 aromatic rings. The summed E-state index contributed by atoms with van der Waals surface area (Å²) in [6, 6.07) is 10.4. The van der Waals surface area contributed by atoms with Crippen LogP contribution in [0.15, 0.2) is 46.9 Å². The van der Waals surface area contributed by atoms with E-state index in [1.807, 2.05) is 29.0 Å². The number of carbonyl (C=O) groups excluding carboxylic acids is 1. The van der Waals surface area contributed by atoms with Crippen LogP contribution in [0.3, 0.4) is 0 Å². The summed E-state index contributed by atoms with van der Waals surface area (Å²) in [4.78, 5) is 23.7. The molecule has 3 rings (SSSR count). The standard InChI is InChI=1S/C18H20N6O3S2/c1-2-23-17(15-8-5-11-28-15)21-22-18(23)29-12-16(25)20-10-9-19-13-6-3-4-7-14(13)24(26)27/h3-8,11,19H,2,9-10,12H2,1H3,(H,20,25). The van der Waals surface area contributed by atoms with Gasteiger partial charge in [0, 0.05) is 25.7 Å². The van der Waals surface area contributed by atoms with Crippen molar-refractivity contribution < 1.29 is 9.72 Å². The van der Waals surface area contributed by atoms with Gasteiger partial charge in [0.05, 0.1) is 15.6 Å². The highest BCUT2D eigenvalue weighted by Crippen LogP contribution is 2.27. The van der Waals surface area contributed by atoms with Gasteiger partial charge in [-0.05, 0) is 24.4 Å². The average Bonchev–Trinajstić information content (AvgIpc) is 3.38. The van der Waals surface area contributed by atoms with E-state index in [9.17, 15) is 14.9 Å². The van der Waals surface area contributed by atoms with E-state index in [2.05, 4.69) is 20.8 Å². The van der Waals surface area contributed by atoms with Crippen molar-refractivity contribution in [2.75, 3.05) is 24.2 Å². The van der Waals surface area contributed by atoms with Crippen molar-refractivity contribution in [1.82, 2.24) is 20.1 Å². The number of nitro benzene ring substituents is 1. The maximum Gasteiger partial charge on any atom is 0.292 e. The highest BCUT2D eigenvalue weighted by Gasteiger charge is 2.15. The van der Waals surface area contributed by atoms with Crippen LogP contribution in [0.1, 0.15) is 6.92 Å². The van der Waals surface area contributed by atoms with Crippen LogP contribution in [-0.2, 0) is 11.3 Å². The minimum absolute atomic E-state index is 0.00910. The van der Waals surface area contributed by atoms with Crippen molar-refractivity contribution in [3.05, 3.63) is 51.9 Å². The molecule has 0 atom stereocenters. The molecule has 152 valence electrons. The van der Waals surface area contributed by atoms with Crippen molar-refractivity contribution in [3.8, 4) is 10.7 Å². The maximum absolute atomic E-state index is 12.1. The van der Waals surface area contributed by atoms with Crippen molar-refractivity contribution in [2.24, 2.45) is 0 Å². The topological polar surface area (TPSA) is 115 Å². The molecule has 2 N–H and O–H groups in total. The third-order valence-electron chi connectivity index (χ3n) is 3.97. The summed E-state index contributed by atoms with van der Waals surface area (Å²) in [5, 5.41) is 27.9. The average molecular weight is 433 g/mol. The monoisotopic (exact) mass is 432 g/mol. The van der Waals surface area contributed by atoms with Gasteiger partial charge in [-0.15, -0.1) is 21.5 Å². The molecule has 0 bridgehead atoms. The first kappa shape index (κ1) is 20.8. The maximum atomic E-state index is 12.1. The minimum atomic E-state index is -0.439. The van der Waals surface area contributed by atoms with E-state index in [-0.39, 0.29) is 17.3 Å². The number of amides is 1. The summed E-state index contributed by atoms with van der Waals surface area (Å²) in [5.41, 5.74) is 0.438. The second kappa shape index (κ2) is 10.0. The van der Waals surface area contributed by atoms with E-state index in [4.69, 9.17) is 0 Å². The lowest BCUT2D eigenvalue weighted by molar-refractivity contribution is -0.384. The second-order valence-corrected chi connectivity index (χ2v) is 7.76. The van der Waals surface area contributed by atoms with Gasteiger partial charge in [0.15, 0.2) is 11.0 Å². The lowest BCUT2D eigenvalue weighted by atomic mass is 10.2. The number of para-hydroxylation sites is 2. The van der Waals surface area contributed by atoms with Crippen LogP contribution < -0.4 is 10.6 Å². The molecular weight excluding hydrogens is 412 g/mol. The van der Waals surface area contributed by atoms with Gasteiger partial charge in [-0.25, -0.2) is 0 Å². The molecule has 0 aliphatic carbocycles. The van der Waals surface area contributed by atoms with Crippen LogP contribution in [0, 0.1) is 10.1 Å². The number of hydrogen-bond donors (Lipinski definition) is 2. The number of nitrogens with zero attached hydrogens (tertiary/aromatic N) is 4. The molecule has 2 aromatic heterocycles. The normalized spacial score (nSPS) is 10.7. The fourth-order valence-electron chi connectivity index (χ4n) is 2.63. The Bertz CT molecular complexity index is 974. The Hall–Kier alpha value is -2.92. The number of carbonyl (C=O) groups is 1. The summed E-state index contributed by atoms with van der Waals surface area (Å²) in [6.07, 6.45) is 0. The fraction of sp³-hybridized carbons (Fsp3) is 0.278. The fourth-order valence-corrected chi connectivity index (χ4v) is 4.18. The predicted octanol–water partition coefficient (Wildman–Crippen LogP) is 3.26. The highest BCUT2D eigenvalue weighted by molar-refractivity contribution is 7.99. The lowest BCUT2D eigenvalue weighted by Crippen LogP contribution is -2.30. The molecule has 0 aliphatic heterocycles. The number of anilines is 1. The third kappa shape index (κ3) is 5.33. The van der Waals surface area contributed by atoms with E-state index >= 15 is 0 Å². The molecular formula is C18H20N6O3S2. The first-order valence-corrected chi connectivity index (χ1v) is 10.8. The van der Waals surface area contributed by atoms with Crippen LogP contribution in [0.2, 0.25) is 0 Å². The van der Waals surface area contributed by atoms with Crippen molar-refractivity contribution in [2.45, 2.75) is 18.6 Å². The highest BCUT2D eigenvalue weighted by atomic mass is 32.2. The summed E-state index contributed by atoms with van der Waals surface area (Å²) < 4.78 is 1.99. The summed E-state index contributed by atoms with van der Waals surface area (Å²) >= 11 is 2.93. The van der Waals surface area contributed by atoms with Gasteiger partial charge >= 0.3 is 0 Å². The van der Waals surface area contributed by atoms with Crippen LogP contribution in [-0.4, -0.2) is 44.4 Å². The van der Waals surface area contributed by atoms with Crippen molar-refractivity contribution >= 4 is 40.4 Å². The Kier molecular flexibility index (Phi) is 7.19. The van der Waals surface area contributed by atoms with Gasteiger partial charge < -0.3 is 15.2 Å². The Labute approximate surface area is 175 Å². The Balaban J connectivity index is 1.46. The Morgan fingerprint density at radius 1 is 1.24 bits per heavy atom. The van der Waals surface area contributed by atoms with Crippen LogP contribution in [0.25, 0.3) is 10.7 Å². The smallest absolute Gasteiger partial charge is 0.292 e. The number of thioether (sulfide) groups is 1. The van der Waals surface area contributed by atoms with Crippen molar-refractivity contribution in [1.29, 1.82) is 0 Å². The van der Waals surface area contributed by atoms with Gasteiger partial charge in [-0.2, -0.15) is 0 Å². The zero-order valence-electron chi connectivity index (χ0n) is 15.7. The molecule has 29 heavy (non-hydrogen) atoms. The first-order valence-electron chi connectivity index (χ1n) is 8.94. The lowest BCUT2D eigenvalue weighted by Gasteiger charge is -2.09. The van der Waals surface area contributed by atoms with Gasteiger partial charge in [-0.1, -0.05) is 30.0 Å². The number of hydrogen-bond acceptors (Lipinski definition) is 8. The zero-order valence-corrected chi connectivity index (χ0v) is 17.3. The summed E-state index contributed by atoms with van der Waals surface area (Å²) in [6.45, 7) is 3.46. The summed E-state index contributed by atoms with van der Waals surface area (Å²) in [7, 11) is 0. The number of thiophene rings is 1. The van der Waals surface area contributed by atoms with E-state index in [1.54, 1.807) is 29.5 Å². The molecule has 0 aliphatic rings. The molecule has 0 spiro atoms. The van der Waals surface area contributed by atoms with Crippen LogP contribution >= 0.6 is 23.1 Å². The largest absolute Gasteiger partial charge is 0.378 e. The van der Waals surface area contributed by atoms with Gasteiger partial charge in [0.2, 0.25) is 5.91 Å². The SMILES string of the molecule is CCn1c(SCC(=O)NCCNc2ccccc2[N+](=O)[O-])nnc1-c1cccs1. The quantitative estimate of drug-likeness (QED) is 0.219. The van der Waals surface area contributed by atoms with E-state index in [0.29, 0.717) is 30.5 Å². The number of benzene rings is 1.